The third-order valence-electron chi connectivity index (χ3n) is 3.48. The molecule has 0 radical (unpaired) electrons. The number of ether oxygens (including phenoxy) is 1. The highest BCUT2D eigenvalue weighted by Gasteiger charge is 2.14. The van der Waals surface area contributed by atoms with Crippen molar-refractivity contribution in [2.24, 2.45) is 7.05 Å². The van der Waals surface area contributed by atoms with Gasteiger partial charge in [0.25, 0.3) is 5.91 Å². The van der Waals surface area contributed by atoms with Crippen molar-refractivity contribution in [3.8, 4) is 5.75 Å². The van der Waals surface area contributed by atoms with Crippen LogP contribution in [-0.2, 0) is 20.0 Å². The number of hydrogen-bond donors (Lipinski definition) is 1. The van der Waals surface area contributed by atoms with E-state index in [-0.39, 0.29) is 29.3 Å². The first kappa shape index (κ1) is 19.3. The molecule has 1 amide bonds. The van der Waals surface area contributed by atoms with Crippen molar-refractivity contribution in [1.29, 1.82) is 0 Å². The zero-order valence-electron chi connectivity index (χ0n) is 13.9. The molecule has 0 aliphatic rings. The Bertz CT molecular complexity index is 786. The standard InChI is InChI=1S/C17H18Cl2FN3O2/c1-3-12-9-13(23(2)22-12)17(24)21-10-11-5-4-6-14(16(11)20)25-8-7-15(18)19/h4-7,9H,3,8,10H2,1-2H3,(H,21,24). The van der Waals surface area contributed by atoms with Crippen LogP contribution >= 0.6 is 23.2 Å². The SMILES string of the molecule is CCc1cc(C(=O)NCc2cccc(OCC=C(Cl)Cl)c2F)n(C)n1. The van der Waals surface area contributed by atoms with E-state index in [0.717, 1.165) is 12.1 Å². The quantitative estimate of drug-likeness (QED) is 0.789. The zero-order valence-corrected chi connectivity index (χ0v) is 15.4. The van der Waals surface area contributed by atoms with E-state index in [0.29, 0.717) is 11.3 Å². The second kappa shape index (κ2) is 8.87. The molecule has 1 N–H and O–H groups in total. The summed E-state index contributed by atoms with van der Waals surface area (Å²) in [4.78, 5) is 12.2. The van der Waals surface area contributed by atoms with E-state index in [1.165, 1.54) is 16.8 Å². The molecule has 2 rings (SSSR count). The van der Waals surface area contributed by atoms with Crippen molar-refractivity contribution >= 4 is 29.1 Å². The van der Waals surface area contributed by atoms with Gasteiger partial charge >= 0.3 is 0 Å². The van der Waals surface area contributed by atoms with Gasteiger partial charge < -0.3 is 10.1 Å². The van der Waals surface area contributed by atoms with Crippen LogP contribution in [0.1, 0.15) is 28.7 Å². The Hall–Kier alpha value is -2.05. The number of benzene rings is 1. The van der Waals surface area contributed by atoms with Gasteiger partial charge in [0.05, 0.1) is 5.69 Å². The molecule has 0 saturated carbocycles. The molecule has 1 aromatic heterocycles. The fraction of sp³-hybridized carbons (Fsp3) is 0.294. The Morgan fingerprint density at radius 1 is 1.44 bits per heavy atom. The van der Waals surface area contributed by atoms with E-state index in [1.807, 2.05) is 6.92 Å². The molecule has 5 nitrogen and oxygen atoms in total. The number of amides is 1. The first-order valence-corrected chi connectivity index (χ1v) is 8.40. The van der Waals surface area contributed by atoms with Crippen LogP contribution in [0.3, 0.4) is 0 Å². The fourth-order valence-electron chi connectivity index (χ4n) is 2.18. The maximum atomic E-state index is 14.4. The van der Waals surface area contributed by atoms with Gasteiger partial charge in [0.1, 0.15) is 16.8 Å². The summed E-state index contributed by atoms with van der Waals surface area (Å²) in [6.07, 6.45) is 2.14. The minimum Gasteiger partial charge on any atom is -0.486 e. The lowest BCUT2D eigenvalue weighted by Gasteiger charge is -2.10. The van der Waals surface area contributed by atoms with Crippen molar-refractivity contribution in [2.75, 3.05) is 6.61 Å². The molecule has 0 spiro atoms. The van der Waals surface area contributed by atoms with Crippen molar-refractivity contribution < 1.29 is 13.9 Å². The number of aromatic nitrogens is 2. The Kier molecular flexibility index (Phi) is 6.84. The molecule has 0 aliphatic carbocycles. The van der Waals surface area contributed by atoms with Gasteiger partial charge in [-0.3, -0.25) is 9.48 Å². The maximum absolute atomic E-state index is 14.4. The van der Waals surface area contributed by atoms with E-state index in [4.69, 9.17) is 27.9 Å². The Morgan fingerprint density at radius 2 is 2.20 bits per heavy atom. The summed E-state index contributed by atoms with van der Waals surface area (Å²) in [6.45, 7) is 2.03. The number of aryl methyl sites for hydroxylation is 2. The van der Waals surface area contributed by atoms with Crippen molar-refractivity contribution in [1.82, 2.24) is 15.1 Å². The largest absolute Gasteiger partial charge is 0.486 e. The summed E-state index contributed by atoms with van der Waals surface area (Å²) in [5.41, 5.74) is 1.55. The third-order valence-corrected chi connectivity index (χ3v) is 3.79. The minimum absolute atomic E-state index is 0.0284. The Morgan fingerprint density at radius 3 is 2.84 bits per heavy atom. The zero-order chi connectivity index (χ0) is 18.4. The second-order valence-electron chi connectivity index (χ2n) is 5.21. The lowest BCUT2D eigenvalue weighted by Crippen LogP contribution is -2.25. The minimum atomic E-state index is -0.541. The predicted octanol–water partition coefficient (Wildman–Crippen LogP) is 3.75. The predicted molar refractivity (Wildman–Crippen MR) is 95.4 cm³/mol. The van der Waals surface area contributed by atoms with Gasteiger partial charge in [-0.05, 0) is 24.6 Å². The van der Waals surface area contributed by atoms with E-state index in [9.17, 15) is 9.18 Å². The maximum Gasteiger partial charge on any atom is 0.269 e. The molecule has 1 heterocycles. The summed E-state index contributed by atoms with van der Waals surface area (Å²) in [6, 6.07) is 6.43. The Labute approximate surface area is 155 Å². The number of carbonyl (C=O) groups is 1. The number of nitrogens with one attached hydrogen (secondary N) is 1. The molecule has 0 fully saturated rings. The van der Waals surface area contributed by atoms with Gasteiger partial charge in [0.15, 0.2) is 11.6 Å². The summed E-state index contributed by atoms with van der Waals surface area (Å²) in [5, 5.41) is 6.91. The topological polar surface area (TPSA) is 56.1 Å². The number of nitrogens with zero attached hydrogens (tertiary/aromatic N) is 2. The monoisotopic (exact) mass is 385 g/mol. The molecule has 0 bridgehead atoms. The van der Waals surface area contributed by atoms with Crippen LogP contribution in [0.2, 0.25) is 0 Å². The van der Waals surface area contributed by atoms with Gasteiger partial charge in [0, 0.05) is 19.2 Å². The number of rotatable bonds is 7. The highest BCUT2D eigenvalue weighted by molar-refractivity contribution is 6.55. The molecular weight excluding hydrogens is 368 g/mol. The average Bonchev–Trinajstić information content (AvgIpc) is 2.96. The van der Waals surface area contributed by atoms with Crippen LogP contribution in [-0.4, -0.2) is 22.3 Å². The van der Waals surface area contributed by atoms with E-state index in [1.54, 1.807) is 25.2 Å². The molecular formula is C17H18Cl2FN3O2. The van der Waals surface area contributed by atoms with Crippen LogP contribution < -0.4 is 10.1 Å². The first-order valence-electron chi connectivity index (χ1n) is 7.64. The number of carbonyl (C=O) groups excluding carboxylic acids is 1. The van der Waals surface area contributed by atoms with Gasteiger partial charge in [-0.1, -0.05) is 42.3 Å². The molecule has 0 aliphatic heterocycles. The molecule has 8 heteroatoms. The molecule has 0 saturated heterocycles. The van der Waals surface area contributed by atoms with Gasteiger partial charge in [-0.15, -0.1) is 0 Å². The van der Waals surface area contributed by atoms with Crippen molar-refractivity contribution in [3.63, 3.8) is 0 Å². The van der Waals surface area contributed by atoms with Crippen LogP contribution in [0, 0.1) is 5.82 Å². The highest BCUT2D eigenvalue weighted by atomic mass is 35.5. The lowest BCUT2D eigenvalue weighted by molar-refractivity contribution is 0.0941. The summed E-state index contributed by atoms with van der Waals surface area (Å²) < 4.78 is 21.2. The number of halogens is 3. The fourth-order valence-corrected chi connectivity index (χ4v) is 2.30. The van der Waals surface area contributed by atoms with Crippen molar-refractivity contribution in [3.05, 3.63) is 57.6 Å². The summed E-state index contributed by atoms with van der Waals surface area (Å²) in [7, 11) is 1.69. The van der Waals surface area contributed by atoms with Crippen LogP contribution in [0.5, 0.6) is 5.75 Å². The third kappa shape index (κ3) is 5.21. The molecule has 2 aromatic rings. The Balaban J connectivity index is 2.03. The van der Waals surface area contributed by atoms with Gasteiger partial charge in [0.2, 0.25) is 0 Å². The first-order chi connectivity index (χ1) is 11.9. The smallest absolute Gasteiger partial charge is 0.269 e. The van der Waals surface area contributed by atoms with Crippen LogP contribution in [0.25, 0.3) is 0 Å². The molecule has 134 valence electrons. The van der Waals surface area contributed by atoms with Crippen LogP contribution in [0.15, 0.2) is 34.8 Å². The summed E-state index contributed by atoms with van der Waals surface area (Å²) >= 11 is 11.0. The molecule has 1 aromatic carbocycles. The normalized spacial score (nSPS) is 10.4. The lowest BCUT2D eigenvalue weighted by atomic mass is 10.2. The van der Waals surface area contributed by atoms with E-state index >= 15 is 0 Å². The molecule has 25 heavy (non-hydrogen) atoms. The highest BCUT2D eigenvalue weighted by Crippen LogP contribution is 2.21. The molecule has 0 atom stereocenters. The number of hydrogen-bond acceptors (Lipinski definition) is 3. The molecule has 0 unspecified atom stereocenters. The van der Waals surface area contributed by atoms with Crippen molar-refractivity contribution in [2.45, 2.75) is 19.9 Å². The van der Waals surface area contributed by atoms with Crippen LogP contribution in [0.4, 0.5) is 4.39 Å². The van der Waals surface area contributed by atoms with E-state index < -0.39 is 5.82 Å². The van der Waals surface area contributed by atoms with Gasteiger partial charge in [-0.2, -0.15) is 5.10 Å². The second-order valence-corrected chi connectivity index (χ2v) is 6.22. The van der Waals surface area contributed by atoms with Gasteiger partial charge in [-0.25, -0.2) is 4.39 Å². The van der Waals surface area contributed by atoms with E-state index in [2.05, 4.69) is 10.4 Å². The summed E-state index contributed by atoms with van der Waals surface area (Å²) in [5.74, 6) is -0.801. The average molecular weight is 386 g/mol.